The predicted molar refractivity (Wildman–Crippen MR) is 73.0 cm³/mol. The van der Waals surface area contributed by atoms with Gasteiger partial charge in [-0.05, 0) is 12.5 Å². The number of thioether (sulfide) groups is 1. The lowest BCUT2D eigenvalue weighted by Gasteiger charge is -2.08. The van der Waals surface area contributed by atoms with Crippen LogP contribution in [0.2, 0.25) is 0 Å². The molecule has 3 rings (SSSR count). The Morgan fingerprint density at radius 2 is 2.28 bits per heavy atom. The Balaban J connectivity index is 2.06. The van der Waals surface area contributed by atoms with Crippen molar-refractivity contribution >= 4 is 17.6 Å². The number of aryl methyl sites for hydroxylation is 1. The van der Waals surface area contributed by atoms with Crippen molar-refractivity contribution in [2.45, 2.75) is 31.4 Å². The maximum atomic E-state index is 6.01. The molecule has 1 aliphatic rings. The van der Waals surface area contributed by atoms with E-state index in [0.717, 1.165) is 41.4 Å². The number of fused-ring (bicyclic) bond motifs is 1. The van der Waals surface area contributed by atoms with Gasteiger partial charge in [-0.25, -0.2) is 9.97 Å². The Morgan fingerprint density at radius 3 is 3.11 bits per heavy atom. The molecule has 94 valence electrons. The first kappa shape index (κ1) is 11.5. The smallest absolute Gasteiger partial charge is 0.180 e. The molecule has 18 heavy (non-hydrogen) atoms. The van der Waals surface area contributed by atoms with E-state index in [-0.39, 0.29) is 0 Å². The van der Waals surface area contributed by atoms with Crippen molar-refractivity contribution in [2.24, 2.45) is 0 Å². The molecule has 0 atom stereocenters. The molecule has 0 fully saturated rings. The van der Waals surface area contributed by atoms with Crippen molar-refractivity contribution in [3.8, 4) is 11.5 Å². The average molecular weight is 261 g/mol. The fourth-order valence-corrected chi connectivity index (χ4v) is 3.16. The second-order valence-corrected chi connectivity index (χ2v) is 5.28. The van der Waals surface area contributed by atoms with Crippen LogP contribution in [0.5, 0.6) is 0 Å². The SMILES string of the molecule is CCCn1nccc1-c1nc(N)c2c(n1)CSC2. The molecular weight excluding hydrogens is 246 g/mol. The zero-order valence-electron chi connectivity index (χ0n) is 10.3. The summed E-state index contributed by atoms with van der Waals surface area (Å²) in [5, 5.41) is 4.30. The summed E-state index contributed by atoms with van der Waals surface area (Å²) in [6, 6.07) is 1.94. The van der Waals surface area contributed by atoms with E-state index in [0.29, 0.717) is 11.6 Å². The highest BCUT2D eigenvalue weighted by molar-refractivity contribution is 7.98. The summed E-state index contributed by atoms with van der Waals surface area (Å²) in [4.78, 5) is 9.05. The van der Waals surface area contributed by atoms with Gasteiger partial charge in [-0.1, -0.05) is 6.92 Å². The van der Waals surface area contributed by atoms with Crippen molar-refractivity contribution in [1.29, 1.82) is 0 Å². The summed E-state index contributed by atoms with van der Waals surface area (Å²) in [5.41, 5.74) is 9.13. The van der Waals surface area contributed by atoms with Gasteiger partial charge in [0.1, 0.15) is 11.5 Å². The van der Waals surface area contributed by atoms with E-state index in [9.17, 15) is 0 Å². The number of nitrogen functional groups attached to an aromatic ring is 1. The first-order chi connectivity index (χ1) is 8.79. The number of nitrogens with two attached hydrogens (primary N) is 1. The number of aromatic nitrogens is 4. The zero-order chi connectivity index (χ0) is 12.5. The maximum Gasteiger partial charge on any atom is 0.180 e. The molecule has 1 aliphatic heterocycles. The van der Waals surface area contributed by atoms with Gasteiger partial charge >= 0.3 is 0 Å². The minimum Gasteiger partial charge on any atom is -0.383 e. The quantitative estimate of drug-likeness (QED) is 0.916. The van der Waals surface area contributed by atoms with Gasteiger partial charge in [0.25, 0.3) is 0 Å². The fraction of sp³-hybridized carbons (Fsp3) is 0.417. The molecule has 3 heterocycles. The van der Waals surface area contributed by atoms with Crippen molar-refractivity contribution in [3.63, 3.8) is 0 Å². The summed E-state index contributed by atoms with van der Waals surface area (Å²) in [6.45, 7) is 3.00. The lowest BCUT2D eigenvalue weighted by atomic mass is 10.2. The van der Waals surface area contributed by atoms with Crippen LogP contribution in [0.4, 0.5) is 5.82 Å². The third-order valence-electron chi connectivity index (χ3n) is 2.99. The maximum absolute atomic E-state index is 6.01. The van der Waals surface area contributed by atoms with Crippen molar-refractivity contribution in [3.05, 3.63) is 23.5 Å². The van der Waals surface area contributed by atoms with E-state index in [1.165, 1.54) is 0 Å². The Labute approximate surface area is 110 Å². The van der Waals surface area contributed by atoms with Gasteiger partial charge in [0.15, 0.2) is 5.82 Å². The van der Waals surface area contributed by atoms with Crippen molar-refractivity contribution in [2.75, 3.05) is 5.73 Å². The Morgan fingerprint density at radius 1 is 1.39 bits per heavy atom. The molecular formula is C12H15N5S. The van der Waals surface area contributed by atoms with E-state index in [4.69, 9.17) is 5.73 Å². The van der Waals surface area contributed by atoms with Crippen LogP contribution in [0, 0.1) is 0 Å². The van der Waals surface area contributed by atoms with Gasteiger partial charge in [0, 0.05) is 29.8 Å². The van der Waals surface area contributed by atoms with Gasteiger partial charge in [0.05, 0.1) is 5.69 Å². The average Bonchev–Trinajstić information content (AvgIpc) is 2.97. The summed E-state index contributed by atoms with van der Waals surface area (Å²) >= 11 is 1.83. The molecule has 5 nitrogen and oxygen atoms in total. The number of anilines is 1. The molecule has 2 N–H and O–H groups in total. The molecule has 0 saturated carbocycles. The summed E-state index contributed by atoms with van der Waals surface area (Å²) in [6.07, 6.45) is 2.82. The van der Waals surface area contributed by atoms with E-state index < -0.39 is 0 Å². The first-order valence-electron chi connectivity index (χ1n) is 6.04. The molecule has 6 heteroatoms. The molecule has 0 amide bonds. The van der Waals surface area contributed by atoms with Crippen LogP contribution in [0.1, 0.15) is 24.6 Å². The van der Waals surface area contributed by atoms with Gasteiger partial charge < -0.3 is 5.73 Å². The highest BCUT2D eigenvalue weighted by Crippen LogP contribution is 2.32. The lowest BCUT2D eigenvalue weighted by molar-refractivity contribution is 0.606. The molecule has 0 spiro atoms. The Hall–Kier alpha value is -1.56. The van der Waals surface area contributed by atoms with Gasteiger partial charge in [0.2, 0.25) is 0 Å². The lowest BCUT2D eigenvalue weighted by Crippen LogP contribution is -2.07. The largest absolute Gasteiger partial charge is 0.383 e. The molecule has 2 aromatic rings. The van der Waals surface area contributed by atoms with Crippen LogP contribution in [-0.2, 0) is 18.1 Å². The Bertz CT molecular complexity index is 578. The molecule has 0 bridgehead atoms. The summed E-state index contributed by atoms with van der Waals surface area (Å²) < 4.78 is 1.93. The summed E-state index contributed by atoms with van der Waals surface area (Å²) in [5.74, 6) is 3.16. The highest BCUT2D eigenvalue weighted by Gasteiger charge is 2.19. The molecule has 0 saturated heterocycles. The van der Waals surface area contributed by atoms with E-state index >= 15 is 0 Å². The Kier molecular flexibility index (Phi) is 2.95. The highest BCUT2D eigenvalue weighted by atomic mass is 32.2. The van der Waals surface area contributed by atoms with Crippen LogP contribution < -0.4 is 5.73 Å². The monoisotopic (exact) mass is 261 g/mol. The van der Waals surface area contributed by atoms with Gasteiger partial charge in [-0.15, -0.1) is 0 Å². The number of hydrogen-bond acceptors (Lipinski definition) is 5. The molecule has 0 unspecified atom stereocenters. The normalized spacial score (nSPS) is 13.8. The second kappa shape index (κ2) is 4.61. The minimum absolute atomic E-state index is 0.615. The van der Waals surface area contributed by atoms with Gasteiger partial charge in [-0.2, -0.15) is 16.9 Å². The first-order valence-corrected chi connectivity index (χ1v) is 7.20. The van der Waals surface area contributed by atoms with E-state index in [1.807, 2.05) is 22.5 Å². The van der Waals surface area contributed by atoms with Crippen molar-refractivity contribution < 1.29 is 0 Å². The summed E-state index contributed by atoms with van der Waals surface area (Å²) in [7, 11) is 0. The number of hydrogen-bond donors (Lipinski definition) is 1. The number of rotatable bonds is 3. The van der Waals surface area contributed by atoms with Crippen molar-refractivity contribution in [1.82, 2.24) is 19.7 Å². The molecule has 2 aromatic heterocycles. The van der Waals surface area contributed by atoms with Crippen LogP contribution in [0.25, 0.3) is 11.5 Å². The molecule has 0 aromatic carbocycles. The zero-order valence-corrected chi connectivity index (χ0v) is 11.1. The topological polar surface area (TPSA) is 69.6 Å². The van der Waals surface area contributed by atoms with Crippen LogP contribution in [-0.4, -0.2) is 19.7 Å². The minimum atomic E-state index is 0.615. The predicted octanol–water partition coefficient (Wildman–Crippen LogP) is 2.08. The third-order valence-corrected chi connectivity index (χ3v) is 3.96. The van der Waals surface area contributed by atoms with E-state index in [1.54, 1.807) is 6.20 Å². The van der Waals surface area contributed by atoms with Crippen LogP contribution >= 0.6 is 11.8 Å². The standard InChI is InChI=1S/C12H15N5S/c1-2-5-17-10(3-4-14-17)12-15-9-7-18-6-8(9)11(13)16-12/h3-4H,2,5-7H2,1H3,(H2,13,15,16). The fourth-order valence-electron chi connectivity index (χ4n) is 2.10. The second-order valence-electron chi connectivity index (χ2n) is 4.29. The number of nitrogens with zero attached hydrogens (tertiary/aromatic N) is 4. The third kappa shape index (κ3) is 1.86. The molecule has 0 radical (unpaired) electrons. The van der Waals surface area contributed by atoms with Crippen LogP contribution in [0.15, 0.2) is 12.3 Å². The van der Waals surface area contributed by atoms with Gasteiger partial charge in [-0.3, -0.25) is 4.68 Å². The molecule has 0 aliphatic carbocycles. The van der Waals surface area contributed by atoms with Crippen LogP contribution in [0.3, 0.4) is 0 Å². The van der Waals surface area contributed by atoms with E-state index in [2.05, 4.69) is 22.0 Å².